The highest BCUT2D eigenvalue weighted by Crippen LogP contribution is 2.28. The zero-order valence-electron chi connectivity index (χ0n) is 16.5. The van der Waals surface area contributed by atoms with Crippen LogP contribution >= 0.6 is 0 Å². The molecule has 30 heavy (non-hydrogen) atoms. The lowest BCUT2D eigenvalue weighted by Crippen LogP contribution is -2.36. The molecule has 0 radical (unpaired) electrons. The van der Waals surface area contributed by atoms with Crippen LogP contribution in [0.1, 0.15) is 22.8 Å². The van der Waals surface area contributed by atoms with Crippen LogP contribution in [0.3, 0.4) is 0 Å². The molecule has 0 aliphatic rings. The van der Waals surface area contributed by atoms with Gasteiger partial charge in [0.05, 0.1) is 34.8 Å². The fourth-order valence-electron chi connectivity index (χ4n) is 2.62. The summed E-state index contributed by atoms with van der Waals surface area (Å²) in [4.78, 5) is 34.1. The molecule has 2 aromatic carbocycles. The molecule has 0 unspecified atom stereocenters. The first-order valence-corrected chi connectivity index (χ1v) is 10.2. The summed E-state index contributed by atoms with van der Waals surface area (Å²) < 4.78 is 36.8. The maximum Gasteiger partial charge on any atom is 0.337 e. The number of nitrogens with zero attached hydrogens (tertiary/aromatic N) is 2. The number of hydrogen-bond donors (Lipinski definition) is 0. The third-order valence-electron chi connectivity index (χ3n) is 4.10. The SMILES string of the molecule is CCOC(=O)CN(c1cccc(C(=O)OC)c1)S(=O)(=O)c1ccc(C)c([N+](=O)[O-])c1. The highest BCUT2D eigenvalue weighted by molar-refractivity contribution is 7.92. The van der Waals surface area contributed by atoms with Gasteiger partial charge in [-0.2, -0.15) is 0 Å². The second kappa shape index (κ2) is 9.35. The number of nitro benzene ring substituents is 1. The van der Waals surface area contributed by atoms with E-state index in [2.05, 4.69) is 4.74 Å². The Morgan fingerprint density at radius 1 is 1.17 bits per heavy atom. The number of carbonyl (C=O) groups is 2. The second-order valence-corrected chi connectivity index (χ2v) is 7.93. The Bertz CT molecular complexity index is 1080. The van der Waals surface area contributed by atoms with Gasteiger partial charge in [-0.05, 0) is 38.1 Å². The first kappa shape index (κ1) is 22.8. The van der Waals surface area contributed by atoms with Crippen LogP contribution in [0.15, 0.2) is 47.4 Å². The Balaban J connectivity index is 2.62. The number of nitro groups is 1. The number of esters is 2. The van der Waals surface area contributed by atoms with E-state index in [1.54, 1.807) is 6.92 Å². The molecule has 2 aromatic rings. The zero-order chi connectivity index (χ0) is 22.5. The highest BCUT2D eigenvalue weighted by atomic mass is 32.2. The Morgan fingerprint density at radius 3 is 2.47 bits per heavy atom. The number of ether oxygens (including phenoxy) is 2. The molecule has 11 heteroatoms. The summed E-state index contributed by atoms with van der Waals surface area (Å²) >= 11 is 0. The van der Waals surface area contributed by atoms with Crippen molar-refractivity contribution in [2.24, 2.45) is 0 Å². The highest BCUT2D eigenvalue weighted by Gasteiger charge is 2.30. The zero-order valence-corrected chi connectivity index (χ0v) is 17.3. The van der Waals surface area contributed by atoms with Crippen molar-refractivity contribution in [2.45, 2.75) is 18.7 Å². The molecule has 0 N–H and O–H groups in total. The van der Waals surface area contributed by atoms with Crippen molar-refractivity contribution >= 4 is 33.3 Å². The predicted molar refractivity (Wildman–Crippen MR) is 107 cm³/mol. The van der Waals surface area contributed by atoms with Crippen molar-refractivity contribution in [3.05, 3.63) is 63.7 Å². The largest absolute Gasteiger partial charge is 0.465 e. The summed E-state index contributed by atoms with van der Waals surface area (Å²) in [5.74, 6) is -1.53. The fourth-order valence-corrected chi connectivity index (χ4v) is 4.04. The van der Waals surface area contributed by atoms with Gasteiger partial charge in [-0.3, -0.25) is 19.2 Å². The van der Waals surface area contributed by atoms with Gasteiger partial charge in [0.1, 0.15) is 6.54 Å². The topological polar surface area (TPSA) is 133 Å². The summed E-state index contributed by atoms with van der Waals surface area (Å²) in [6.07, 6.45) is 0. The van der Waals surface area contributed by atoms with Gasteiger partial charge < -0.3 is 9.47 Å². The smallest absolute Gasteiger partial charge is 0.337 e. The molecule has 0 aromatic heterocycles. The van der Waals surface area contributed by atoms with Crippen molar-refractivity contribution in [3.8, 4) is 0 Å². The van der Waals surface area contributed by atoms with Gasteiger partial charge in [0.25, 0.3) is 15.7 Å². The van der Waals surface area contributed by atoms with E-state index < -0.39 is 33.4 Å². The lowest BCUT2D eigenvalue weighted by molar-refractivity contribution is -0.385. The van der Waals surface area contributed by atoms with Crippen LogP contribution in [-0.2, 0) is 24.3 Å². The van der Waals surface area contributed by atoms with Crippen LogP contribution in [0, 0.1) is 17.0 Å². The van der Waals surface area contributed by atoms with Crippen LogP contribution in [0.2, 0.25) is 0 Å². The van der Waals surface area contributed by atoms with Gasteiger partial charge in [-0.15, -0.1) is 0 Å². The van der Waals surface area contributed by atoms with E-state index in [9.17, 15) is 28.1 Å². The quantitative estimate of drug-likeness (QED) is 0.350. The molecular weight excluding hydrogens is 416 g/mol. The van der Waals surface area contributed by atoms with Crippen LogP contribution in [0.5, 0.6) is 0 Å². The van der Waals surface area contributed by atoms with Gasteiger partial charge >= 0.3 is 11.9 Å². The number of hydrogen-bond acceptors (Lipinski definition) is 8. The first-order chi connectivity index (χ1) is 14.1. The molecule has 10 nitrogen and oxygen atoms in total. The monoisotopic (exact) mass is 436 g/mol. The molecule has 0 aliphatic carbocycles. The van der Waals surface area contributed by atoms with Crippen molar-refractivity contribution < 1.29 is 32.4 Å². The predicted octanol–water partition coefficient (Wildman–Crippen LogP) is 2.45. The molecule has 0 aliphatic heterocycles. The van der Waals surface area contributed by atoms with Gasteiger partial charge in [0.15, 0.2) is 0 Å². The van der Waals surface area contributed by atoms with Crippen molar-refractivity contribution in [2.75, 3.05) is 24.6 Å². The molecule has 0 amide bonds. The van der Waals surface area contributed by atoms with E-state index in [1.165, 1.54) is 50.4 Å². The van der Waals surface area contributed by atoms with E-state index >= 15 is 0 Å². The molecule has 160 valence electrons. The maximum absolute atomic E-state index is 13.3. The Morgan fingerprint density at radius 2 is 1.87 bits per heavy atom. The van der Waals surface area contributed by atoms with E-state index in [0.29, 0.717) is 0 Å². The summed E-state index contributed by atoms with van der Waals surface area (Å²) in [5.41, 5.74) is -0.0396. The van der Waals surface area contributed by atoms with E-state index in [1.807, 2.05) is 0 Å². The average molecular weight is 436 g/mol. The van der Waals surface area contributed by atoms with E-state index in [-0.39, 0.29) is 34.0 Å². The van der Waals surface area contributed by atoms with Crippen LogP contribution < -0.4 is 4.31 Å². The van der Waals surface area contributed by atoms with Gasteiger partial charge in [-0.1, -0.05) is 12.1 Å². The summed E-state index contributed by atoms with van der Waals surface area (Å²) in [5, 5.41) is 11.2. The van der Waals surface area contributed by atoms with E-state index in [4.69, 9.17) is 4.74 Å². The maximum atomic E-state index is 13.3. The molecule has 0 saturated carbocycles. The normalized spacial score (nSPS) is 10.9. The van der Waals surface area contributed by atoms with Crippen molar-refractivity contribution in [3.63, 3.8) is 0 Å². The third-order valence-corrected chi connectivity index (χ3v) is 5.87. The minimum Gasteiger partial charge on any atom is -0.465 e. The average Bonchev–Trinajstić information content (AvgIpc) is 2.71. The standard InChI is InChI=1S/C19H20N2O8S/c1-4-29-18(22)12-20(15-7-5-6-14(10-15)19(23)28-3)30(26,27)16-9-8-13(2)17(11-16)21(24)25/h5-11H,4,12H2,1-3H3. The van der Waals surface area contributed by atoms with E-state index in [0.717, 1.165) is 10.4 Å². The number of benzene rings is 2. The second-order valence-electron chi connectivity index (χ2n) is 6.06. The number of sulfonamides is 1. The number of anilines is 1. The fraction of sp³-hybridized carbons (Fsp3) is 0.263. The number of rotatable bonds is 8. The van der Waals surface area contributed by atoms with Crippen LogP contribution in [0.4, 0.5) is 11.4 Å². The minimum absolute atomic E-state index is 0.00539. The number of methoxy groups -OCH3 is 1. The third kappa shape index (κ3) is 4.92. The Hall–Kier alpha value is -3.47. The molecule has 0 fully saturated rings. The summed E-state index contributed by atoms with van der Waals surface area (Å²) in [7, 11) is -3.24. The van der Waals surface area contributed by atoms with Crippen molar-refractivity contribution in [1.29, 1.82) is 0 Å². The van der Waals surface area contributed by atoms with Gasteiger partial charge in [-0.25, -0.2) is 13.2 Å². The number of carbonyl (C=O) groups excluding carboxylic acids is 2. The molecule has 2 rings (SSSR count). The van der Waals surface area contributed by atoms with Crippen molar-refractivity contribution in [1.82, 2.24) is 0 Å². The minimum atomic E-state index is -4.41. The Labute approximate surface area is 173 Å². The molecule has 0 heterocycles. The lowest BCUT2D eigenvalue weighted by atomic mass is 10.2. The Kier molecular flexibility index (Phi) is 7.11. The summed E-state index contributed by atoms with van der Waals surface area (Å²) in [6.45, 7) is 2.39. The molecular formula is C19H20N2O8S. The van der Waals surface area contributed by atoms with Gasteiger partial charge in [0, 0.05) is 11.6 Å². The molecule has 0 atom stereocenters. The lowest BCUT2D eigenvalue weighted by Gasteiger charge is -2.24. The number of aryl methyl sites for hydroxylation is 1. The molecule has 0 saturated heterocycles. The summed E-state index contributed by atoms with van der Waals surface area (Å²) in [6, 6.07) is 8.90. The molecule has 0 spiro atoms. The molecule has 0 bridgehead atoms. The first-order valence-electron chi connectivity index (χ1n) is 8.73. The van der Waals surface area contributed by atoms with Crippen LogP contribution in [0.25, 0.3) is 0 Å². The van der Waals surface area contributed by atoms with Crippen LogP contribution in [-0.4, -0.2) is 45.5 Å². The van der Waals surface area contributed by atoms with Gasteiger partial charge in [0.2, 0.25) is 0 Å².